The molecule has 0 spiro atoms. The van der Waals surface area contributed by atoms with Crippen molar-refractivity contribution in [2.45, 2.75) is 19.6 Å². The fourth-order valence-electron chi connectivity index (χ4n) is 1.26. The molecule has 0 saturated carbocycles. The Bertz CT molecular complexity index is 328. The average molecular weight is 225 g/mol. The maximum Gasteiger partial charge on any atom is 0.124 e. The molecule has 0 aliphatic carbocycles. The van der Waals surface area contributed by atoms with E-state index < -0.39 is 0 Å². The van der Waals surface area contributed by atoms with Gasteiger partial charge in [0.15, 0.2) is 0 Å². The number of nitrogens with two attached hydrogens (primary N) is 1. The molecule has 1 aromatic rings. The second-order valence-corrected chi connectivity index (χ2v) is 3.54. The van der Waals surface area contributed by atoms with E-state index in [1.54, 1.807) is 14.2 Å². The molecular weight excluding hydrogens is 206 g/mol. The van der Waals surface area contributed by atoms with Crippen molar-refractivity contribution < 1.29 is 14.2 Å². The molecule has 1 atom stereocenters. The van der Waals surface area contributed by atoms with Crippen molar-refractivity contribution in [3.8, 4) is 11.5 Å². The van der Waals surface area contributed by atoms with Gasteiger partial charge in [-0.2, -0.15) is 0 Å². The molecule has 1 rings (SSSR count). The van der Waals surface area contributed by atoms with Crippen molar-refractivity contribution in [3.05, 3.63) is 23.8 Å². The zero-order chi connectivity index (χ0) is 12.0. The monoisotopic (exact) mass is 225 g/mol. The number of rotatable bonds is 6. The minimum absolute atomic E-state index is 0.0627. The van der Waals surface area contributed by atoms with Crippen molar-refractivity contribution in [2.75, 3.05) is 20.8 Å². The van der Waals surface area contributed by atoms with E-state index in [0.717, 1.165) is 17.1 Å². The molecule has 16 heavy (non-hydrogen) atoms. The third kappa shape index (κ3) is 3.40. The number of hydrogen-bond donors (Lipinski definition) is 1. The van der Waals surface area contributed by atoms with E-state index in [4.69, 9.17) is 19.9 Å². The van der Waals surface area contributed by atoms with E-state index in [1.165, 1.54) is 0 Å². The van der Waals surface area contributed by atoms with Gasteiger partial charge in [0.05, 0.1) is 13.2 Å². The lowest BCUT2D eigenvalue weighted by atomic mass is 10.2. The average Bonchev–Trinajstić information content (AvgIpc) is 2.35. The number of benzene rings is 1. The molecule has 1 aromatic carbocycles. The first-order valence-corrected chi connectivity index (χ1v) is 5.23. The summed E-state index contributed by atoms with van der Waals surface area (Å²) in [4.78, 5) is 0. The Balaban J connectivity index is 2.71. The van der Waals surface area contributed by atoms with E-state index in [-0.39, 0.29) is 6.10 Å². The summed E-state index contributed by atoms with van der Waals surface area (Å²) in [5.74, 6) is 1.57. The summed E-state index contributed by atoms with van der Waals surface area (Å²) in [7, 11) is 3.29. The van der Waals surface area contributed by atoms with Crippen molar-refractivity contribution in [2.24, 2.45) is 5.73 Å². The van der Waals surface area contributed by atoms with Crippen molar-refractivity contribution in [3.63, 3.8) is 0 Å². The lowest BCUT2D eigenvalue weighted by Crippen LogP contribution is -2.17. The van der Waals surface area contributed by atoms with Crippen LogP contribution in [0.1, 0.15) is 12.5 Å². The Labute approximate surface area is 96.3 Å². The van der Waals surface area contributed by atoms with E-state index in [0.29, 0.717) is 13.2 Å². The highest BCUT2D eigenvalue weighted by atomic mass is 16.5. The lowest BCUT2D eigenvalue weighted by molar-refractivity contribution is 0.0713. The molecule has 90 valence electrons. The summed E-state index contributed by atoms with van der Waals surface area (Å²) in [6, 6.07) is 5.60. The third-order valence-electron chi connectivity index (χ3n) is 2.36. The van der Waals surface area contributed by atoms with Crippen LogP contribution >= 0.6 is 0 Å². The largest absolute Gasteiger partial charge is 0.497 e. The Hall–Kier alpha value is -1.26. The smallest absolute Gasteiger partial charge is 0.124 e. The second-order valence-electron chi connectivity index (χ2n) is 3.54. The molecule has 0 aromatic heterocycles. The van der Waals surface area contributed by atoms with Crippen LogP contribution in [0.5, 0.6) is 11.5 Å². The zero-order valence-electron chi connectivity index (χ0n) is 10.0. The quantitative estimate of drug-likeness (QED) is 0.798. The molecule has 4 heteroatoms. The van der Waals surface area contributed by atoms with E-state index in [2.05, 4.69) is 0 Å². The Kier molecular flexibility index (Phi) is 5.08. The highest BCUT2D eigenvalue weighted by molar-refractivity contribution is 5.40. The second kappa shape index (κ2) is 6.35. The van der Waals surface area contributed by atoms with Crippen LogP contribution in [0.2, 0.25) is 0 Å². The number of methoxy groups -OCH3 is 2. The fourth-order valence-corrected chi connectivity index (χ4v) is 1.26. The van der Waals surface area contributed by atoms with Crippen LogP contribution in [0.15, 0.2) is 18.2 Å². The van der Waals surface area contributed by atoms with Gasteiger partial charge >= 0.3 is 0 Å². The van der Waals surface area contributed by atoms with Gasteiger partial charge in [-0.05, 0) is 25.1 Å². The first-order chi connectivity index (χ1) is 7.71. The minimum atomic E-state index is 0.0627. The highest BCUT2D eigenvalue weighted by Crippen LogP contribution is 2.23. The molecule has 4 nitrogen and oxygen atoms in total. The van der Waals surface area contributed by atoms with Gasteiger partial charge in [-0.1, -0.05) is 0 Å². The molecular formula is C12H19NO3. The van der Waals surface area contributed by atoms with E-state index >= 15 is 0 Å². The standard InChI is InChI=1S/C12H19NO3/c1-9(14-2)8-16-12-5-4-11(15-3)6-10(12)7-13/h4-6,9H,7-8,13H2,1-3H3. The molecule has 1 unspecified atom stereocenters. The Morgan fingerprint density at radius 2 is 2.06 bits per heavy atom. The molecule has 0 aliphatic heterocycles. The normalized spacial score (nSPS) is 12.2. The van der Waals surface area contributed by atoms with Gasteiger partial charge in [-0.3, -0.25) is 0 Å². The molecule has 0 aliphatic rings. The molecule has 0 fully saturated rings. The Morgan fingerprint density at radius 3 is 2.62 bits per heavy atom. The van der Waals surface area contributed by atoms with Gasteiger partial charge in [-0.25, -0.2) is 0 Å². The summed E-state index contributed by atoms with van der Waals surface area (Å²) in [6.45, 7) is 2.88. The first kappa shape index (κ1) is 12.8. The maximum atomic E-state index is 5.65. The van der Waals surface area contributed by atoms with Crippen LogP contribution in [0.25, 0.3) is 0 Å². The summed E-state index contributed by atoms with van der Waals surface area (Å²) in [6.07, 6.45) is 0.0627. The zero-order valence-corrected chi connectivity index (χ0v) is 10.0. The van der Waals surface area contributed by atoms with Crippen molar-refractivity contribution in [1.29, 1.82) is 0 Å². The van der Waals surface area contributed by atoms with Gasteiger partial charge in [0.1, 0.15) is 18.1 Å². The van der Waals surface area contributed by atoms with Gasteiger partial charge < -0.3 is 19.9 Å². The topological polar surface area (TPSA) is 53.7 Å². The highest BCUT2D eigenvalue weighted by Gasteiger charge is 2.06. The summed E-state index contributed by atoms with van der Waals surface area (Å²) < 4.78 is 15.9. The summed E-state index contributed by atoms with van der Waals surface area (Å²) in [5.41, 5.74) is 6.58. The first-order valence-electron chi connectivity index (χ1n) is 5.23. The van der Waals surface area contributed by atoms with Crippen LogP contribution < -0.4 is 15.2 Å². The van der Waals surface area contributed by atoms with E-state index in [1.807, 2.05) is 25.1 Å². The van der Waals surface area contributed by atoms with Crippen LogP contribution in [0.3, 0.4) is 0 Å². The molecule has 0 amide bonds. The molecule has 0 bridgehead atoms. The van der Waals surface area contributed by atoms with Gasteiger partial charge in [-0.15, -0.1) is 0 Å². The lowest BCUT2D eigenvalue weighted by Gasteiger charge is -2.14. The SMILES string of the molecule is COc1ccc(OCC(C)OC)c(CN)c1. The van der Waals surface area contributed by atoms with E-state index in [9.17, 15) is 0 Å². The fraction of sp³-hybridized carbons (Fsp3) is 0.500. The van der Waals surface area contributed by atoms with Gasteiger partial charge in [0.25, 0.3) is 0 Å². The number of ether oxygens (including phenoxy) is 3. The molecule has 0 saturated heterocycles. The predicted molar refractivity (Wildman–Crippen MR) is 62.9 cm³/mol. The third-order valence-corrected chi connectivity index (χ3v) is 2.36. The van der Waals surface area contributed by atoms with Gasteiger partial charge in [0.2, 0.25) is 0 Å². The van der Waals surface area contributed by atoms with Gasteiger partial charge in [0, 0.05) is 19.2 Å². The van der Waals surface area contributed by atoms with Crippen molar-refractivity contribution >= 4 is 0 Å². The summed E-state index contributed by atoms with van der Waals surface area (Å²) >= 11 is 0. The van der Waals surface area contributed by atoms with Crippen LogP contribution in [0, 0.1) is 0 Å². The molecule has 2 N–H and O–H groups in total. The van der Waals surface area contributed by atoms with Crippen molar-refractivity contribution in [1.82, 2.24) is 0 Å². The number of hydrogen-bond acceptors (Lipinski definition) is 4. The van der Waals surface area contributed by atoms with Crippen LogP contribution in [0.4, 0.5) is 0 Å². The maximum absolute atomic E-state index is 5.65. The van der Waals surface area contributed by atoms with Crippen LogP contribution in [-0.4, -0.2) is 26.9 Å². The molecule has 0 radical (unpaired) electrons. The predicted octanol–water partition coefficient (Wildman–Crippen LogP) is 1.57. The summed E-state index contributed by atoms with van der Waals surface area (Å²) in [5, 5.41) is 0. The minimum Gasteiger partial charge on any atom is -0.497 e. The molecule has 0 heterocycles. The van der Waals surface area contributed by atoms with Crippen LogP contribution in [-0.2, 0) is 11.3 Å². The Morgan fingerprint density at radius 1 is 1.31 bits per heavy atom.